The molecule has 0 amide bonds. The average Bonchev–Trinajstić information content (AvgIpc) is 2.73. The zero-order chi connectivity index (χ0) is 20.2. The minimum atomic E-state index is -0.214. The number of rotatable bonds is 5. The van der Waals surface area contributed by atoms with E-state index in [1.165, 1.54) is 10.6 Å². The maximum absolute atomic E-state index is 13.1. The van der Waals surface area contributed by atoms with Gasteiger partial charge in [-0.15, -0.1) is 0 Å². The number of nitrogens with zero attached hydrogens (tertiary/aromatic N) is 3. The highest BCUT2D eigenvalue weighted by atomic mass is 35.5. The second-order valence-corrected chi connectivity index (χ2v) is 6.87. The highest BCUT2D eigenvalue weighted by Gasteiger charge is 2.13. The Kier molecular flexibility index (Phi) is 5.27. The van der Waals surface area contributed by atoms with Crippen molar-refractivity contribution < 1.29 is 0 Å². The van der Waals surface area contributed by atoms with Crippen molar-refractivity contribution in [2.45, 2.75) is 6.92 Å². The minimum absolute atomic E-state index is 0.214. The van der Waals surface area contributed by atoms with E-state index in [4.69, 9.17) is 11.6 Å². The van der Waals surface area contributed by atoms with Gasteiger partial charge in [0.15, 0.2) is 0 Å². The van der Waals surface area contributed by atoms with Crippen LogP contribution in [0, 0.1) is 6.92 Å². The van der Waals surface area contributed by atoms with E-state index in [0.29, 0.717) is 22.1 Å². The second kappa shape index (κ2) is 8.16. The topological polar surface area (TPSA) is 70.8 Å². The van der Waals surface area contributed by atoms with Gasteiger partial charge in [-0.3, -0.25) is 14.6 Å². The first-order chi connectivity index (χ1) is 14.1. The van der Waals surface area contributed by atoms with E-state index >= 15 is 0 Å². The zero-order valence-electron chi connectivity index (χ0n) is 15.6. The number of aromatic nitrogens is 2. The average molecular weight is 404 g/mol. The lowest BCUT2D eigenvalue weighted by Gasteiger charge is -2.12. The molecule has 0 aliphatic rings. The van der Waals surface area contributed by atoms with Gasteiger partial charge >= 0.3 is 0 Å². The number of hydrogen-bond donors (Lipinski definition) is 2. The quantitative estimate of drug-likeness (QED) is 0.369. The molecule has 7 heteroatoms. The molecule has 0 aliphatic carbocycles. The van der Waals surface area contributed by atoms with Crippen LogP contribution in [0.4, 0.5) is 17.2 Å². The summed E-state index contributed by atoms with van der Waals surface area (Å²) in [6.45, 7) is 1.92. The van der Waals surface area contributed by atoms with E-state index in [9.17, 15) is 4.79 Å². The molecule has 4 rings (SSSR count). The Morgan fingerprint density at radius 3 is 2.52 bits per heavy atom. The van der Waals surface area contributed by atoms with Gasteiger partial charge in [0.1, 0.15) is 17.0 Å². The predicted molar refractivity (Wildman–Crippen MR) is 119 cm³/mol. The van der Waals surface area contributed by atoms with Crippen molar-refractivity contribution in [2.75, 3.05) is 10.7 Å². The predicted octanol–water partition coefficient (Wildman–Crippen LogP) is 4.85. The summed E-state index contributed by atoms with van der Waals surface area (Å²) in [6.07, 6.45) is 3.18. The molecule has 0 radical (unpaired) electrons. The van der Waals surface area contributed by atoms with Gasteiger partial charge in [0.2, 0.25) is 0 Å². The molecule has 2 aromatic carbocycles. The number of benzene rings is 2. The van der Waals surface area contributed by atoms with E-state index < -0.39 is 0 Å². The number of fused-ring (bicyclic) bond motifs is 1. The molecule has 2 N–H and O–H groups in total. The van der Waals surface area contributed by atoms with Crippen molar-refractivity contribution in [1.82, 2.24) is 9.38 Å². The fraction of sp³-hybridized carbons (Fsp3) is 0.0455. The molecule has 2 aromatic heterocycles. The van der Waals surface area contributed by atoms with Crippen molar-refractivity contribution in [3.63, 3.8) is 0 Å². The Morgan fingerprint density at radius 1 is 1.00 bits per heavy atom. The van der Waals surface area contributed by atoms with Crippen LogP contribution >= 0.6 is 11.6 Å². The lowest BCUT2D eigenvalue weighted by Crippen LogP contribution is -2.22. The Bertz CT molecular complexity index is 1230. The van der Waals surface area contributed by atoms with Crippen LogP contribution < -0.4 is 16.3 Å². The lowest BCUT2D eigenvalue weighted by atomic mass is 10.2. The smallest absolute Gasteiger partial charge is 0.268 e. The summed E-state index contributed by atoms with van der Waals surface area (Å²) in [5.74, 6) is 0.422. The third-order valence-corrected chi connectivity index (χ3v) is 4.60. The molecule has 6 nitrogen and oxygen atoms in total. The van der Waals surface area contributed by atoms with Crippen LogP contribution in [0.3, 0.4) is 0 Å². The molecule has 0 unspecified atom stereocenters. The molecule has 0 bridgehead atoms. The number of hydrazone groups is 1. The molecular formula is C22H18ClN5O. The Balaban J connectivity index is 1.78. The Labute approximate surface area is 172 Å². The molecule has 0 fully saturated rings. The van der Waals surface area contributed by atoms with Gasteiger partial charge in [-0.2, -0.15) is 5.10 Å². The van der Waals surface area contributed by atoms with E-state index in [1.807, 2.05) is 61.5 Å². The molecule has 144 valence electrons. The first kappa shape index (κ1) is 18.7. The summed E-state index contributed by atoms with van der Waals surface area (Å²) in [5, 5.41) is 8.07. The molecule has 0 aliphatic heterocycles. The number of anilines is 3. The number of aryl methyl sites for hydroxylation is 1. The van der Waals surface area contributed by atoms with Gasteiger partial charge < -0.3 is 5.32 Å². The van der Waals surface area contributed by atoms with Crippen LogP contribution in [-0.4, -0.2) is 15.6 Å². The lowest BCUT2D eigenvalue weighted by molar-refractivity contribution is 1.03. The summed E-state index contributed by atoms with van der Waals surface area (Å²) < 4.78 is 1.52. The highest BCUT2D eigenvalue weighted by Crippen LogP contribution is 2.20. The molecule has 29 heavy (non-hydrogen) atoms. The maximum Gasteiger partial charge on any atom is 0.268 e. The number of halogens is 1. The van der Waals surface area contributed by atoms with Gasteiger partial charge in [-0.05, 0) is 55.0 Å². The van der Waals surface area contributed by atoms with E-state index in [1.54, 1.807) is 18.3 Å². The summed E-state index contributed by atoms with van der Waals surface area (Å²) in [6, 6.07) is 20.4. The molecular weight excluding hydrogens is 386 g/mol. The van der Waals surface area contributed by atoms with Gasteiger partial charge in [-0.25, -0.2) is 4.98 Å². The standard InChI is InChI=1S/C22H18ClN5O/c1-15-6-5-13-28-21(15)26-20(25-17-11-9-16(23)10-12-17)19(22(28)29)14-24-27-18-7-3-2-4-8-18/h2-14,25,27H,1H3/b24-14-. The van der Waals surface area contributed by atoms with Crippen molar-refractivity contribution in [1.29, 1.82) is 0 Å². The fourth-order valence-corrected chi connectivity index (χ4v) is 3.00. The largest absolute Gasteiger partial charge is 0.339 e. The van der Waals surface area contributed by atoms with Crippen molar-refractivity contribution in [3.8, 4) is 0 Å². The summed E-state index contributed by atoms with van der Waals surface area (Å²) in [4.78, 5) is 17.8. The van der Waals surface area contributed by atoms with Crippen molar-refractivity contribution >= 4 is 40.7 Å². The number of pyridine rings is 1. The SMILES string of the molecule is Cc1cccn2c(=O)c(/C=N\Nc3ccccc3)c(Nc3ccc(Cl)cc3)nc12. The van der Waals surface area contributed by atoms with Crippen LogP contribution in [0.2, 0.25) is 5.02 Å². The number of nitrogens with one attached hydrogen (secondary N) is 2. The van der Waals surface area contributed by atoms with E-state index in [2.05, 4.69) is 20.8 Å². The summed E-state index contributed by atoms with van der Waals surface area (Å²) in [7, 11) is 0. The second-order valence-electron chi connectivity index (χ2n) is 6.43. The third kappa shape index (κ3) is 4.12. The van der Waals surface area contributed by atoms with Crippen LogP contribution in [-0.2, 0) is 0 Å². The van der Waals surface area contributed by atoms with Gasteiger partial charge in [0.25, 0.3) is 5.56 Å². The monoisotopic (exact) mass is 403 g/mol. The van der Waals surface area contributed by atoms with Gasteiger partial charge in [0, 0.05) is 16.9 Å². The van der Waals surface area contributed by atoms with Gasteiger partial charge in [-0.1, -0.05) is 35.9 Å². The Hall–Kier alpha value is -3.64. The molecule has 0 spiro atoms. The molecule has 4 aromatic rings. The molecule has 2 heterocycles. The molecule has 0 atom stereocenters. The van der Waals surface area contributed by atoms with Crippen molar-refractivity contribution in [3.05, 3.63) is 99.4 Å². The Morgan fingerprint density at radius 2 is 1.76 bits per heavy atom. The van der Waals surface area contributed by atoms with Crippen molar-refractivity contribution in [2.24, 2.45) is 5.10 Å². The first-order valence-corrected chi connectivity index (χ1v) is 9.38. The van der Waals surface area contributed by atoms with E-state index in [-0.39, 0.29) is 5.56 Å². The summed E-state index contributed by atoms with van der Waals surface area (Å²) in [5.41, 5.74) is 6.12. The van der Waals surface area contributed by atoms with Crippen LogP contribution in [0.15, 0.2) is 82.8 Å². The molecule has 0 saturated heterocycles. The number of para-hydroxylation sites is 1. The third-order valence-electron chi connectivity index (χ3n) is 4.35. The highest BCUT2D eigenvalue weighted by molar-refractivity contribution is 6.30. The first-order valence-electron chi connectivity index (χ1n) is 9.00. The fourth-order valence-electron chi connectivity index (χ4n) is 2.88. The normalized spacial score (nSPS) is 11.1. The number of hydrogen-bond acceptors (Lipinski definition) is 5. The maximum atomic E-state index is 13.1. The van der Waals surface area contributed by atoms with Crippen LogP contribution in [0.1, 0.15) is 11.1 Å². The van der Waals surface area contributed by atoms with Crippen LogP contribution in [0.25, 0.3) is 5.65 Å². The summed E-state index contributed by atoms with van der Waals surface area (Å²) >= 11 is 5.97. The zero-order valence-corrected chi connectivity index (χ0v) is 16.4. The van der Waals surface area contributed by atoms with Crippen LogP contribution in [0.5, 0.6) is 0 Å². The van der Waals surface area contributed by atoms with E-state index in [0.717, 1.165) is 16.9 Å². The van der Waals surface area contributed by atoms with Gasteiger partial charge in [0.05, 0.1) is 11.9 Å². The minimum Gasteiger partial charge on any atom is -0.339 e. The molecule has 0 saturated carbocycles.